The maximum Gasteiger partial charge on any atom is 0.436 e. The van der Waals surface area contributed by atoms with Gasteiger partial charge in [-0.3, -0.25) is 9.59 Å². The van der Waals surface area contributed by atoms with Gasteiger partial charge in [0.25, 0.3) is 5.91 Å². The third kappa shape index (κ3) is 4.91. The number of hydrogen-bond acceptors (Lipinski definition) is 4. The quantitative estimate of drug-likeness (QED) is 0.703. The molecule has 0 aliphatic carbocycles. The van der Waals surface area contributed by atoms with Gasteiger partial charge >= 0.3 is 6.18 Å². The van der Waals surface area contributed by atoms with Crippen LogP contribution in [0.15, 0.2) is 24.3 Å². The number of aromatic nitrogens is 2. The summed E-state index contributed by atoms with van der Waals surface area (Å²) in [5, 5.41) is 6.40. The molecule has 3 rings (SSSR count). The van der Waals surface area contributed by atoms with Crippen LogP contribution in [0.2, 0.25) is 0 Å². The van der Waals surface area contributed by atoms with Crippen molar-refractivity contribution in [2.75, 3.05) is 18.0 Å². The molecule has 0 spiro atoms. The molecule has 1 atom stereocenters. The van der Waals surface area contributed by atoms with Crippen LogP contribution in [0.3, 0.4) is 0 Å². The van der Waals surface area contributed by atoms with Gasteiger partial charge in [0.1, 0.15) is 11.4 Å². The first-order valence-electron chi connectivity index (χ1n) is 10.1. The Morgan fingerprint density at radius 3 is 2.26 bits per heavy atom. The van der Waals surface area contributed by atoms with E-state index in [9.17, 15) is 22.8 Å². The number of halogens is 3. The van der Waals surface area contributed by atoms with E-state index >= 15 is 0 Å². The Morgan fingerprint density at radius 1 is 1.13 bits per heavy atom. The van der Waals surface area contributed by atoms with Crippen LogP contribution in [0, 0.1) is 5.41 Å². The van der Waals surface area contributed by atoms with E-state index in [4.69, 9.17) is 0 Å². The summed E-state index contributed by atoms with van der Waals surface area (Å²) < 4.78 is 42.4. The predicted octanol–water partition coefficient (Wildman–Crippen LogP) is 4.46. The van der Waals surface area contributed by atoms with Crippen LogP contribution < -0.4 is 10.2 Å². The van der Waals surface area contributed by atoms with E-state index in [0.717, 1.165) is 0 Å². The Kier molecular flexibility index (Phi) is 5.90. The minimum absolute atomic E-state index is 0.0903. The standard InChI is InChI=1S/C22H27F3N4O2/c1-13(15-6-8-16(9-7-15)14(2)30)26-19(31)17-18(22(23,24)25)27-29-11-10-28(20(17)29)12-21(3,4)5/h6-9,13H,10-12H2,1-5H3,(H,26,31)/t13-/m0/s1. The highest BCUT2D eigenvalue weighted by Gasteiger charge is 2.44. The molecular weight excluding hydrogens is 409 g/mol. The van der Waals surface area contributed by atoms with Crippen molar-refractivity contribution in [3.63, 3.8) is 0 Å². The number of ketones is 1. The molecular formula is C22H27F3N4O2. The highest BCUT2D eigenvalue weighted by molar-refractivity contribution is 6.01. The zero-order valence-electron chi connectivity index (χ0n) is 18.3. The molecule has 6 nitrogen and oxygen atoms in total. The van der Waals surface area contributed by atoms with Gasteiger partial charge < -0.3 is 10.2 Å². The van der Waals surface area contributed by atoms with Gasteiger partial charge in [-0.1, -0.05) is 45.0 Å². The van der Waals surface area contributed by atoms with Crippen molar-refractivity contribution in [1.29, 1.82) is 0 Å². The van der Waals surface area contributed by atoms with Crippen molar-refractivity contribution in [3.8, 4) is 0 Å². The largest absolute Gasteiger partial charge is 0.436 e. The second-order valence-corrected chi connectivity index (χ2v) is 9.12. The number of nitrogens with one attached hydrogen (secondary N) is 1. The third-order valence-corrected chi connectivity index (χ3v) is 5.13. The molecule has 1 amide bonds. The molecule has 31 heavy (non-hydrogen) atoms. The molecule has 2 aromatic rings. The molecule has 0 unspecified atom stereocenters. The summed E-state index contributed by atoms with van der Waals surface area (Å²) in [6.45, 7) is 10.4. The molecule has 0 fully saturated rings. The normalized spacial score (nSPS) is 15.0. The third-order valence-electron chi connectivity index (χ3n) is 5.13. The lowest BCUT2D eigenvalue weighted by Gasteiger charge is -2.28. The van der Waals surface area contributed by atoms with Crippen molar-refractivity contribution in [3.05, 3.63) is 46.6 Å². The number of rotatable bonds is 5. The van der Waals surface area contributed by atoms with Crippen LogP contribution in [-0.4, -0.2) is 34.6 Å². The van der Waals surface area contributed by atoms with Gasteiger partial charge in [0.05, 0.1) is 12.6 Å². The van der Waals surface area contributed by atoms with Gasteiger partial charge in [0, 0.05) is 18.7 Å². The van der Waals surface area contributed by atoms with Crippen molar-refractivity contribution in [2.24, 2.45) is 5.41 Å². The van der Waals surface area contributed by atoms with E-state index < -0.39 is 29.4 Å². The second kappa shape index (κ2) is 8.01. The Labute approximate surface area is 179 Å². The minimum atomic E-state index is -4.75. The number of benzene rings is 1. The Hall–Kier alpha value is -2.84. The monoisotopic (exact) mass is 436 g/mol. The second-order valence-electron chi connectivity index (χ2n) is 9.12. The summed E-state index contributed by atoms with van der Waals surface area (Å²) in [7, 11) is 0. The molecule has 1 aliphatic heterocycles. The van der Waals surface area contributed by atoms with Gasteiger partial charge in [-0.25, -0.2) is 4.68 Å². The van der Waals surface area contributed by atoms with E-state index in [1.807, 2.05) is 20.8 Å². The number of hydrogen-bond donors (Lipinski definition) is 1. The first kappa shape index (κ1) is 22.8. The number of Topliss-reactive ketones (excluding diaryl/α,β-unsaturated/α-hetero) is 1. The average molecular weight is 436 g/mol. The van der Waals surface area contributed by atoms with Crippen molar-refractivity contribution in [2.45, 2.75) is 53.4 Å². The first-order valence-corrected chi connectivity index (χ1v) is 10.1. The van der Waals surface area contributed by atoms with Gasteiger partial charge in [-0.05, 0) is 24.8 Å². The number of anilines is 1. The van der Waals surface area contributed by atoms with Crippen molar-refractivity contribution < 1.29 is 22.8 Å². The van der Waals surface area contributed by atoms with Crippen molar-refractivity contribution in [1.82, 2.24) is 15.1 Å². The summed E-state index contributed by atoms with van der Waals surface area (Å²) in [6, 6.07) is 6.07. The van der Waals surface area contributed by atoms with E-state index in [-0.39, 0.29) is 17.0 Å². The molecule has 168 valence electrons. The SMILES string of the molecule is CC(=O)c1ccc([C@H](C)NC(=O)c2c(C(F)(F)F)nn3c2N(CC(C)(C)C)CC3)cc1. The molecule has 1 aromatic heterocycles. The number of alkyl halides is 3. The number of carbonyl (C=O) groups excluding carboxylic acids is 2. The summed E-state index contributed by atoms with van der Waals surface area (Å²) in [5.74, 6) is -0.705. The van der Waals surface area contributed by atoms with E-state index in [1.54, 1.807) is 36.1 Å². The number of nitrogens with zero attached hydrogens (tertiary/aromatic N) is 3. The van der Waals surface area contributed by atoms with Crippen molar-refractivity contribution >= 4 is 17.5 Å². The van der Waals surface area contributed by atoms with Crippen LogP contribution >= 0.6 is 0 Å². The zero-order chi connectivity index (χ0) is 23.1. The molecule has 0 saturated carbocycles. The maximum absolute atomic E-state index is 13.7. The summed E-state index contributed by atoms with van der Waals surface area (Å²) in [6.07, 6.45) is -4.75. The maximum atomic E-state index is 13.7. The van der Waals surface area contributed by atoms with Gasteiger partial charge in [-0.2, -0.15) is 18.3 Å². The first-order chi connectivity index (χ1) is 14.3. The van der Waals surface area contributed by atoms with Crippen LogP contribution in [0.4, 0.5) is 19.0 Å². The van der Waals surface area contributed by atoms with Gasteiger partial charge in [0.2, 0.25) is 0 Å². The van der Waals surface area contributed by atoms with Crippen LogP contribution in [0.1, 0.15) is 72.6 Å². The Bertz CT molecular complexity index is 988. The smallest absolute Gasteiger partial charge is 0.354 e. The molecule has 0 bridgehead atoms. The summed E-state index contributed by atoms with van der Waals surface area (Å²) >= 11 is 0. The number of carbonyl (C=O) groups is 2. The fourth-order valence-corrected chi connectivity index (χ4v) is 3.74. The Morgan fingerprint density at radius 2 is 1.74 bits per heavy atom. The molecule has 1 aliphatic rings. The fraction of sp³-hybridized carbons (Fsp3) is 0.500. The fourth-order valence-electron chi connectivity index (χ4n) is 3.74. The molecule has 1 aromatic carbocycles. The minimum Gasteiger partial charge on any atom is -0.354 e. The zero-order valence-corrected chi connectivity index (χ0v) is 18.3. The van der Waals surface area contributed by atoms with E-state index in [2.05, 4.69) is 10.4 Å². The van der Waals surface area contributed by atoms with Gasteiger partial charge in [-0.15, -0.1) is 0 Å². The van der Waals surface area contributed by atoms with Gasteiger partial charge in [0.15, 0.2) is 11.5 Å². The van der Waals surface area contributed by atoms with Crippen LogP contribution in [0.5, 0.6) is 0 Å². The summed E-state index contributed by atoms with van der Waals surface area (Å²) in [5.41, 5.74) is -0.576. The topological polar surface area (TPSA) is 67.2 Å². The predicted molar refractivity (Wildman–Crippen MR) is 111 cm³/mol. The molecule has 1 N–H and O–H groups in total. The number of fused-ring (bicyclic) bond motifs is 1. The van der Waals surface area contributed by atoms with E-state index in [0.29, 0.717) is 30.8 Å². The Balaban J connectivity index is 1.93. The molecule has 0 saturated heterocycles. The highest BCUT2D eigenvalue weighted by atomic mass is 19.4. The molecule has 2 heterocycles. The highest BCUT2D eigenvalue weighted by Crippen LogP contribution is 2.39. The molecule has 9 heteroatoms. The van der Waals surface area contributed by atoms with Crippen LogP contribution in [0.25, 0.3) is 0 Å². The van der Waals surface area contributed by atoms with E-state index in [1.165, 1.54) is 11.6 Å². The number of amides is 1. The summed E-state index contributed by atoms with van der Waals surface area (Å²) in [4.78, 5) is 26.3. The average Bonchev–Trinajstić information content (AvgIpc) is 3.20. The lowest BCUT2D eigenvalue weighted by atomic mass is 9.96. The van der Waals surface area contributed by atoms with Crippen LogP contribution in [-0.2, 0) is 12.7 Å². The molecule has 0 radical (unpaired) electrons. The lowest BCUT2D eigenvalue weighted by molar-refractivity contribution is -0.141. The lowest BCUT2D eigenvalue weighted by Crippen LogP contribution is -2.34.